The number of rotatable bonds is 0. The van der Waals surface area contributed by atoms with Gasteiger partial charge in [0.15, 0.2) is 0 Å². The molecule has 0 heterocycles. The number of benzene rings is 5. The van der Waals surface area contributed by atoms with Crippen LogP contribution in [-0.4, -0.2) is 0 Å². The van der Waals surface area contributed by atoms with Crippen molar-refractivity contribution in [3.05, 3.63) is 71.8 Å². The van der Waals surface area contributed by atoms with E-state index in [1.165, 1.54) is 54.2 Å². The zero-order valence-electron chi connectivity index (χ0n) is 12.8. The topological polar surface area (TPSA) is 0 Å². The Labute approximate surface area is 129 Å². The lowest BCUT2D eigenvalue weighted by atomic mass is 9.89. The van der Waals surface area contributed by atoms with E-state index in [-0.39, 0.29) is 0 Å². The average Bonchev–Trinajstić information content (AvgIpc) is 2.56. The van der Waals surface area contributed by atoms with Gasteiger partial charge < -0.3 is 0 Å². The summed E-state index contributed by atoms with van der Waals surface area (Å²) in [4.78, 5) is 0. The molecule has 0 amide bonds. The Balaban J connectivity index is 2.18. The lowest BCUT2D eigenvalue weighted by Crippen LogP contribution is -1.88. The van der Waals surface area contributed by atoms with Crippen LogP contribution in [0.25, 0.3) is 43.1 Å². The molecular weight excluding hydrogens is 264 g/mol. The van der Waals surface area contributed by atoms with Crippen LogP contribution >= 0.6 is 0 Å². The smallest absolute Gasteiger partial charge is 0.00203 e. The first-order valence-electron chi connectivity index (χ1n) is 7.80. The molecule has 0 saturated carbocycles. The maximum absolute atomic E-state index is 2.37. The summed E-state index contributed by atoms with van der Waals surface area (Å²) in [5, 5.41) is 10.9. The van der Waals surface area contributed by atoms with Crippen LogP contribution in [0.5, 0.6) is 0 Å². The lowest BCUT2D eigenvalue weighted by Gasteiger charge is -2.14. The van der Waals surface area contributed by atoms with Crippen LogP contribution < -0.4 is 0 Å². The van der Waals surface area contributed by atoms with E-state index in [1.54, 1.807) is 0 Å². The van der Waals surface area contributed by atoms with Crippen molar-refractivity contribution in [2.24, 2.45) is 0 Å². The molecule has 0 bridgehead atoms. The molecule has 104 valence electrons. The van der Waals surface area contributed by atoms with Crippen LogP contribution in [0.3, 0.4) is 0 Å². The molecule has 0 aromatic heterocycles. The van der Waals surface area contributed by atoms with Crippen molar-refractivity contribution in [1.29, 1.82) is 0 Å². The summed E-state index contributed by atoms with van der Waals surface area (Å²) >= 11 is 0. The Kier molecular flexibility index (Phi) is 2.17. The van der Waals surface area contributed by atoms with E-state index in [9.17, 15) is 0 Å². The summed E-state index contributed by atoms with van der Waals surface area (Å²) in [7, 11) is 0. The van der Waals surface area contributed by atoms with Gasteiger partial charge >= 0.3 is 0 Å². The van der Waals surface area contributed by atoms with Crippen LogP contribution in [0.1, 0.15) is 11.1 Å². The van der Waals surface area contributed by atoms with Gasteiger partial charge in [0.25, 0.3) is 0 Å². The summed E-state index contributed by atoms with van der Waals surface area (Å²) < 4.78 is 0. The third kappa shape index (κ3) is 1.37. The Morgan fingerprint density at radius 3 is 2.05 bits per heavy atom. The van der Waals surface area contributed by atoms with Crippen molar-refractivity contribution < 1.29 is 0 Å². The molecule has 0 spiro atoms. The van der Waals surface area contributed by atoms with Crippen LogP contribution in [0.15, 0.2) is 60.7 Å². The molecule has 0 aliphatic heterocycles. The molecule has 0 nitrogen and oxygen atoms in total. The van der Waals surface area contributed by atoms with E-state index in [1.807, 2.05) is 0 Å². The highest BCUT2D eigenvalue weighted by atomic mass is 14.1. The molecule has 0 aliphatic carbocycles. The fraction of sp³-hybridized carbons (Fsp3) is 0.0909. The van der Waals surface area contributed by atoms with Gasteiger partial charge in [-0.25, -0.2) is 0 Å². The molecule has 5 rings (SSSR count). The van der Waals surface area contributed by atoms with E-state index in [0.29, 0.717) is 0 Å². The average molecular weight is 280 g/mol. The fourth-order valence-electron chi connectivity index (χ4n) is 3.87. The molecule has 0 aliphatic rings. The van der Waals surface area contributed by atoms with Gasteiger partial charge in [-0.2, -0.15) is 0 Å². The standard InChI is InChI=1S/C22H16/c1-13-6-10-18-19-11-9-16-5-3-4-15-7-8-17(22(19)21(15)16)12-20(18)14(13)2/h3-12H,1-2H3. The number of fused-ring (bicyclic) bond motifs is 2. The number of aryl methyl sites for hydroxylation is 2. The van der Waals surface area contributed by atoms with Crippen LogP contribution in [0.2, 0.25) is 0 Å². The Bertz CT molecular complexity index is 1160. The largest absolute Gasteiger partial charge is 0.0610 e. The van der Waals surface area contributed by atoms with Crippen molar-refractivity contribution >= 4 is 43.1 Å². The van der Waals surface area contributed by atoms with Crippen molar-refractivity contribution in [1.82, 2.24) is 0 Å². The molecule has 0 fully saturated rings. The Morgan fingerprint density at radius 1 is 0.545 bits per heavy atom. The summed E-state index contributed by atoms with van der Waals surface area (Å²) in [6.07, 6.45) is 0. The molecule has 0 saturated heterocycles. The Morgan fingerprint density at radius 2 is 1.23 bits per heavy atom. The molecule has 0 atom stereocenters. The second kappa shape index (κ2) is 3.98. The maximum atomic E-state index is 2.37. The van der Waals surface area contributed by atoms with Gasteiger partial charge in [-0.05, 0) is 74.1 Å². The third-order valence-electron chi connectivity index (χ3n) is 5.18. The first-order valence-corrected chi connectivity index (χ1v) is 7.80. The summed E-state index contributed by atoms with van der Waals surface area (Å²) in [5.41, 5.74) is 2.75. The predicted octanol–water partition coefficient (Wildman–Crippen LogP) is 6.35. The van der Waals surface area contributed by atoms with Gasteiger partial charge in [-0.3, -0.25) is 0 Å². The van der Waals surface area contributed by atoms with E-state index in [0.717, 1.165) is 0 Å². The van der Waals surface area contributed by atoms with Gasteiger partial charge in [-0.15, -0.1) is 0 Å². The van der Waals surface area contributed by atoms with Crippen molar-refractivity contribution in [3.63, 3.8) is 0 Å². The highest BCUT2D eigenvalue weighted by molar-refractivity contribution is 6.29. The second-order valence-electron chi connectivity index (χ2n) is 6.34. The SMILES string of the molecule is Cc1ccc2c(cc3ccc4cccc5ccc2c3c45)c1C. The first-order chi connectivity index (χ1) is 10.7. The van der Waals surface area contributed by atoms with Crippen LogP contribution in [0, 0.1) is 13.8 Å². The van der Waals surface area contributed by atoms with Gasteiger partial charge in [0.05, 0.1) is 0 Å². The molecule has 5 aromatic rings. The minimum absolute atomic E-state index is 1.33. The van der Waals surface area contributed by atoms with Crippen molar-refractivity contribution in [2.45, 2.75) is 13.8 Å². The monoisotopic (exact) mass is 280 g/mol. The maximum Gasteiger partial charge on any atom is -0.00203 e. The van der Waals surface area contributed by atoms with Crippen molar-refractivity contribution in [3.8, 4) is 0 Å². The normalized spacial score (nSPS) is 12.1. The van der Waals surface area contributed by atoms with E-state index in [2.05, 4.69) is 74.5 Å². The highest BCUT2D eigenvalue weighted by Gasteiger charge is 2.12. The highest BCUT2D eigenvalue weighted by Crippen LogP contribution is 2.39. The lowest BCUT2D eigenvalue weighted by molar-refractivity contribution is 1.38. The molecule has 0 unspecified atom stereocenters. The second-order valence-corrected chi connectivity index (χ2v) is 6.34. The van der Waals surface area contributed by atoms with Crippen LogP contribution in [-0.2, 0) is 0 Å². The minimum atomic E-state index is 1.33. The zero-order chi connectivity index (χ0) is 14.8. The van der Waals surface area contributed by atoms with E-state index >= 15 is 0 Å². The predicted molar refractivity (Wildman–Crippen MR) is 97.1 cm³/mol. The van der Waals surface area contributed by atoms with Gasteiger partial charge in [-0.1, -0.05) is 54.6 Å². The molecule has 0 heteroatoms. The quantitative estimate of drug-likeness (QED) is 0.229. The molecule has 0 N–H and O–H groups in total. The van der Waals surface area contributed by atoms with Gasteiger partial charge in [0.2, 0.25) is 0 Å². The Hall–Kier alpha value is -2.60. The minimum Gasteiger partial charge on any atom is -0.0610 e. The first kappa shape index (κ1) is 12.0. The van der Waals surface area contributed by atoms with Crippen LogP contribution in [0.4, 0.5) is 0 Å². The molecule has 22 heavy (non-hydrogen) atoms. The van der Waals surface area contributed by atoms with Crippen molar-refractivity contribution in [2.75, 3.05) is 0 Å². The fourth-order valence-corrected chi connectivity index (χ4v) is 3.87. The molecular formula is C22H16. The van der Waals surface area contributed by atoms with Gasteiger partial charge in [0.1, 0.15) is 0 Å². The third-order valence-corrected chi connectivity index (χ3v) is 5.18. The number of hydrogen-bond donors (Lipinski definition) is 0. The zero-order valence-corrected chi connectivity index (χ0v) is 12.8. The molecule has 0 radical (unpaired) electrons. The van der Waals surface area contributed by atoms with E-state index < -0.39 is 0 Å². The van der Waals surface area contributed by atoms with Gasteiger partial charge in [0, 0.05) is 0 Å². The summed E-state index contributed by atoms with van der Waals surface area (Å²) in [6, 6.07) is 22.5. The number of hydrogen-bond acceptors (Lipinski definition) is 0. The summed E-state index contributed by atoms with van der Waals surface area (Å²) in [5.74, 6) is 0. The van der Waals surface area contributed by atoms with E-state index in [4.69, 9.17) is 0 Å². The molecule has 5 aromatic carbocycles. The summed E-state index contributed by atoms with van der Waals surface area (Å²) in [6.45, 7) is 4.42.